The molecule has 2 rings (SSSR count). The Morgan fingerprint density at radius 3 is 2.93 bits per heavy atom. The van der Waals surface area contributed by atoms with E-state index in [0.717, 1.165) is 36.7 Å². The minimum Gasteiger partial charge on any atom is -0.446 e. The average molecular weight is 208 g/mol. The Labute approximate surface area is 91.3 Å². The lowest BCUT2D eigenvalue weighted by atomic mass is 10.0. The smallest absolute Gasteiger partial charge is 0.194 e. The minimum absolute atomic E-state index is 0.604. The molecule has 2 heterocycles. The van der Waals surface area contributed by atoms with E-state index in [4.69, 9.17) is 4.42 Å². The van der Waals surface area contributed by atoms with Gasteiger partial charge in [-0.15, -0.1) is 0 Å². The predicted octanol–water partition coefficient (Wildman–Crippen LogP) is 2.23. The number of piperidine rings is 1. The molecule has 1 N–H and O–H groups in total. The number of rotatable bonds is 3. The van der Waals surface area contributed by atoms with Gasteiger partial charge in [0.1, 0.15) is 5.76 Å². The molecule has 1 aromatic rings. The van der Waals surface area contributed by atoms with Crippen LogP contribution in [-0.4, -0.2) is 17.6 Å². The van der Waals surface area contributed by atoms with Gasteiger partial charge in [0.15, 0.2) is 5.89 Å². The first-order chi connectivity index (χ1) is 7.29. The highest BCUT2D eigenvalue weighted by Crippen LogP contribution is 2.16. The molecule has 1 fully saturated rings. The minimum atomic E-state index is 0.604. The third-order valence-electron chi connectivity index (χ3n) is 3.09. The lowest BCUT2D eigenvalue weighted by Crippen LogP contribution is -2.35. The summed E-state index contributed by atoms with van der Waals surface area (Å²) < 4.78 is 5.57. The van der Waals surface area contributed by atoms with Gasteiger partial charge in [-0.1, -0.05) is 13.3 Å². The second-order valence-corrected chi connectivity index (χ2v) is 4.31. The third kappa shape index (κ3) is 2.59. The molecular formula is C12H20N2O. The molecule has 0 saturated carbocycles. The molecule has 0 aromatic carbocycles. The highest BCUT2D eigenvalue weighted by Gasteiger charge is 2.17. The van der Waals surface area contributed by atoms with Crippen molar-refractivity contribution in [3.63, 3.8) is 0 Å². The van der Waals surface area contributed by atoms with Crippen LogP contribution in [0.5, 0.6) is 0 Å². The maximum absolute atomic E-state index is 5.57. The van der Waals surface area contributed by atoms with Crippen molar-refractivity contribution < 1.29 is 4.42 Å². The molecule has 1 unspecified atom stereocenters. The molecule has 3 heteroatoms. The second-order valence-electron chi connectivity index (χ2n) is 4.31. The van der Waals surface area contributed by atoms with Crippen LogP contribution in [0.4, 0.5) is 0 Å². The number of nitrogens with zero attached hydrogens (tertiary/aromatic N) is 1. The van der Waals surface area contributed by atoms with Gasteiger partial charge in [0, 0.05) is 18.9 Å². The Kier molecular flexibility index (Phi) is 3.41. The fourth-order valence-electron chi connectivity index (χ4n) is 2.16. The lowest BCUT2D eigenvalue weighted by Gasteiger charge is -2.22. The highest BCUT2D eigenvalue weighted by molar-refractivity contribution is 5.10. The van der Waals surface area contributed by atoms with Crippen molar-refractivity contribution in [2.75, 3.05) is 6.54 Å². The van der Waals surface area contributed by atoms with E-state index >= 15 is 0 Å². The predicted molar refractivity (Wildman–Crippen MR) is 60.0 cm³/mol. The molecule has 1 aromatic heterocycles. The van der Waals surface area contributed by atoms with E-state index in [0.29, 0.717) is 6.04 Å². The van der Waals surface area contributed by atoms with Crippen molar-refractivity contribution in [3.8, 4) is 0 Å². The monoisotopic (exact) mass is 208 g/mol. The van der Waals surface area contributed by atoms with Crippen molar-refractivity contribution in [1.29, 1.82) is 0 Å². The van der Waals surface area contributed by atoms with Gasteiger partial charge >= 0.3 is 0 Å². The first-order valence-corrected chi connectivity index (χ1v) is 5.98. The molecule has 0 spiro atoms. The molecular weight excluding hydrogens is 188 g/mol. The summed E-state index contributed by atoms with van der Waals surface area (Å²) in [6, 6.07) is 0.604. The zero-order valence-electron chi connectivity index (χ0n) is 9.68. The number of nitrogens with one attached hydrogen (secondary N) is 1. The fourth-order valence-corrected chi connectivity index (χ4v) is 2.16. The summed E-state index contributed by atoms with van der Waals surface area (Å²) in [6.07, 6.45) is 5.84. The van der Waals surface area contributed by atoms with E-state index in [2.05, 4.69) is 17.2 Å². The Hall–Kier alpha value is -0.830. The van der Waals surface area contributed by atoms with E-state index in [1.54, 1.807) is 0 Å². The largest absolute Gasteiger partial charge is 0.446 e. The van der Waals surface area contributed by atoms with E-state index in [-0.39, 0.29) is 0 Å². The molecule has 15 heavy (non-hydrogen) atoms. The van der Waals surface area contributed by atoms with Crippen LogP contribution in [0.3, 0.4) is 0 Å². The van der Waals surface area contributed by atoms with Crippen LogP contribution >= 0.6 is 0 Å². The number of aromatic nitrogens is 1. The Balaban J connectivity index is 1.99. The Bertz CT molecular complexity index is 313. The van der Waals surface area contributed by atoms with Gasteiger partial charge in [0.2, 0.25) is 0 Å². The van der Waals surface area contributed by atoms with Crippen molar-refractivity contribution in [2.24, 2.45) is 0 Å². The van der Waals surface area contributed by atoms with Gasteiger partial charge in [-0.25, -0.2) is 4.98 Å². The van der Waals surface area contributed by atoms with Gasteiger partial charge in [-0.05, 0) is 26.3 Å². The molecule has 84 valence electrons. The maximum atomic E-state index is 5.57. The summed E-state index contributed by atoms with van der Waals surface area (Å²) in [5, 5.41) is 3.54. The van der Waals surface area contributed by atoms with Crippen LogP contribution in [0.25, 0.3) is 0 Å². The Morgan fingerprint density at radius 2 is 2.33 bits per heavy atom. The molecule has 1 aliphatic heterocycles. The van der Waals surface area contributed by atoms with Crippen molar-refractivity contribution in [1.82, 2.24) is 10.3 Å². The van der Waals surface area contributed by atoms with E-state index in [1.807, 2.05) is 6.92 Å². The van der Waals surface area contributed by atoms with Crippen molar-refractivity contribution in [2.45, 2.75) is 52.0 Å². The summed E-state index contributed by atoms with van der Waals surface area (Å²) in [5.74, 6) is 1.87. The summed E-state index contributed by atoms with van der Waals surface area (Å²) >= 11 is 0. The van der Waals surface area contributed by atoms with Gasteiger partial charge < -0.3 is 9.73 Å². The molecule has 1 atom stereocenters. The summed E-state index contributed by atoms with van der Waals surface area (Å²) in [6.45, 7) is 5.25. The zero-order valence-corrected chi connectivity index (χ0v) is 9.68. The first kappa shape index (κ1) is 10.7. The first-order valence-electron chi connectivity index (χ1n) is 5.98. The quantitative estimate of drug-likeness (QED) is 0.827. The van der Waals surface area contributed by atoms with Crippen LogP contribution in [0, 0.1) is 6.92 Å². The maximum Gasteiger partial charge on any atom is 0.194 e. The molecule has 0 aliphatic carbocycles. The van der Waals surface area contributed by atoms with E-state index in [9.17, 15) is 0 Å². The highest BCUT2D eigenvalue weighted by atomic mass is 16.4. The van der Waals surface area contributed by atoms with Crippen LogP contribution in [0.2, 0.25) is 0 Å². The van der Waals surface area contributed by atoms with E-state index < -0.39 is 0 Å². The van der Waals surface area contributed by atoms with E-state index in [1.165, 1.54) is 19.3 Å². The molecule has 0 amide bonds. The lowest BCUT2D eigenvalue weighted by molar-refractivity contribution is 0.395. The summed E-state index contributed by atoms with van der Waals surface area (Å²) in [5.41, 5.74) is 1.14. The Morgan fingerprint density at radius 1 is 1.47 bits per heavy atom. The molecule has 0 radical (unpaired) electrons. The standard InChI is InChI=1S/C12H20N2O/c1-3-12-14-11(9(2)15-12)8-10-6-4-5-7-13-10/h10,13H,3-8H2,1-2H3. The van der Waals surface area contributed by atoms with Crippen LogP contribution in [0.1, 0.15) is 43.5 Å². The summed E-state index contributed by atoms with van der Waals surface area (Å²) in [7, 11) is 0. The normalized spacial score (nSPS) is 21.9. The van der Waals surface area contributed by atoms with Gasteiger partial charge in [0.05, 0.1) is 5.69 Å². The van der Waals surface area contributed by atoms with Crippen molar-refractivity contribution in [3.05, 3.63) is 17.3 Å². The third-order valence-corrected chi connectivity index (χ3v) is 3.09. The van der Waals surface area contributed by atoms with Crippen LogP contribution in [-0.2, 0) is 12.8 Å². The molecule has 1 aliphatic rings. The average Bonchev–Trinajstić information content (AvgIpc) is 2.61. The summed E-state index contributed by atoms with van der Waals surface area (Å²) in [4.78, 5) is 4.52. The fraction of sp³-hybridized carbons (Fsp3) is 0.750. The van der Waals surface area contributed by atoms with Gasteiger partial charge in [-0.3, -0.25) is 0 Å². The zero-order chi connectivity index (χ0) is 10.7. The molecule has 0 bridgehead atoms. The number of hydrogen-bond donors (Lipinski definition) is 1. The number of oxazole rings is 1. The van der Waals surface area contributed by atoms with Crippen LogP contribution < -0.4 is 5.32 Å². The molecule has 1 saturated heterocycles. The van der Waals surface area contributed by atoms with Crippen LogP contribution in [0.15, 0.2) is 4.42 Å². The van der Waals surface area contributed by atoms with Crippen molar-refractivity contribution >= 4 is 0 Å². The number of aryl methyl sites for hydroxylation is 2. The SMILES string of the molecule is CCc1nc(CC2CCCCN2)c(C)o1. The molecule has 3 nitrogen and oxygen atoms in total. The number of hydrogen-bond acceptors (Lipinski definition) is 3. The van der Waals surface area contributed by atoms with Gasteiger partial charge in [-0.2, -0.15) is 0 Å². The van der Waals surface area contributed by atoms with Gasteiger partial charge in [0.25, 0.3) is 0 Å². The topological polar surface area (TPSA) is 38.1 Å². The second kappa shape index (κ2) is 4.79.